The van der Waals surface area contributed by atoms with Crippen molar-refractivity contribution in [3.63, 3.8) is 0 Å². The SMILES string of the molecule is CCn1ccc(C(=O)N2CCCC2c2nc(-c3ccc(OC)cc3)no2)n1. The summed E-state index contributed by atoms with van der Waals surface area (Å²) in [4.78, 5) is 19.2. The molecule has 1 aliphatic rings. The lowest BCUT2D eigenvalue weighted by Crippen LogP contribution is -2.31. The van der Waals surface area contributed by atoms with E-state index in [0.717, 1.165) is 30.7 Å². The molecule has 3 aromatic rings. The number of carbonyl (C=O) groups excluding carboxylic acids is 1. The molecule has 1 amide bonds. The van der Waals surface area contributed by atoms with E-state index in [4.69, 9.17) is 9.26 Å². The highest BCUT2D eigenvalue weighted by atomic mass is 16.5. The number of ether oxygens (including phenoxy) is 1. The molecule has 1 atom stereocenters. The van der Waals surface area contributed by atoms with Crippen LogP contribution in [0.2, 0.25) is 0 Å². The number of hydrogen-bond acceptors (Lipinski definition) is 6. The van der Waals surface area contributed by atoms with Gasteiger partial charge in [0.15, 0.2) is 0 Å². The molecule has 8 heteroatoms. The molecular formula is C19H21N5O3. The number of aryl methyl sites for hydroxylation is 1. The van der Waals surface area contributed by atoms with E-state index in [1.807, 2.05) is 37.4 Å². The monoisotopic (exact) mass is 367 g/mol. The number of aromatic nitrogens is 4. The fourth-order valence-electron chi connectivity index (χ4n) is 3.29. The van der Waals surface area contributed by atoms with Crippen molar-refractivity contribution in [1.29, 1.82) is 0 Å². The number of likely N-dealkylation sites (tertiary alicyclic amines) is 1. The molecule has 1 aliphatic heterocycles. The molecule has 0 spiro atoms. The summed E-state index contributed by atoms with van der Waals surface area (Å²) >= 11 is 0. The normalized spacial score (nSPS) is 16.7. The van der Waals surface area contributed by atoms with Crippen molar-refractivity contribution in [3.8, 4) is 17.1 Å². The number of carbonyl (C=O) groups is 1. The topological polar surface area (TPSA) is 86.3 Å². The lowest BCUT2D eigenvalue weighted by molar-refractivity contribution is 0.0703. The molecule has 2 aromatic heterocycles. The Bertz CT molecular complexity index is 931. The van der Waals surface area contributed by atoms with Crippen LogP contribution in [-0.4, -0.2) is 44.4 Å². The van der Waals surface area contributed by atoms with Gasteiger partial charge in [-0.05, 0) is 50.1 Å². The Morgan fingerprint density at radius 3 is 2.81 bits per heavy atom. The standard InChI is InChI=1S/C19H21N5O3/c1-3-23-12-10-15(21-23)19(25)24-11-4-5-16(24)18-20-17(22-27-18)13-6-8-14(26-2)9-7-13/h6-10,12,16H,3-5,11H2,1-2H3. The molecule has 1 fully saturated rings. The average Bonchev–Trinajstić information content (AvgIpc) is 3.47. The van der Waals surface area contributed by atoms with E-state index in [2.05, 4.69) is 15.2 Å². The maximum atomic E-state index is 12.9. The summed E-state index contributed by atoms with van der Waals surface area (Å²) in [5.41, 5.74) is 1.28. The van der Waals surface area contributed by atoms with Crippen molar-refractivity contribution in [2.24, 2.45) is 0 Å². The molecule has 1 saturated heterocycles. The second-order valence-corrected chi connectivity index (χ2v) is 6.40. The third-order valence-electron chi connectivity index (χ3n) is 4.77. The first kappa shape index (κ1) is 17.3. The van der Waals surface area contributed by atoms with Crippen LogP contribution in [0.3, 0.4) is 0 Å². The number of methoxy groups -OCH3 is 1. The number of amides is 1. The molecule has 3 heterocycles. The van der Waals surface area contributed by atoms with Gasteiger partial charge >= 0.3 is 0 Å². The summed E-state index contributed by atoms with van der Waals surface area (Å²) in [6, 6.07) is 8.98. The molecule has 1 aromatic carbocycles. The van der Waals surface area contributed by atoms with E-state index in [1.165, 1.54) is 0 Å². The molecule has 1 unspecified atom stereocenters. The first-order valence-electron chi connectivity index (χ1n) is 9.02. The van der Waals surface area contributed by atoms with Gasteiger partial charge in [-0.15, -0.1) is 0 Å². The Balaban J connectivity index is 1.55. The average molecular weight is 367 g/mol. The summed E-state index contributed by atoms with van der Waals surface area (Å²) in [5, 5.41) is 8.40. The number of hydrogen-bond donors (Lipinski definition) is 0. The van der Waals surface area contributed by atoms with Crippen LogP contribution < -0.4 is 4.74 Å². The van der Waals surface area contributed by atoms with Gasteiger partial charge in [-0.25, -0.2) is 0 Å². The largest absolute Gasteiger partial charge is 0.497 e. The van der Waals surface area contributed by atoms with Crippen LogP contribution in [0.1, 0.15) is 42.2 Å². The zero-order valence-corrected chi connectivity index (χ0v) is 15.3. The van der Waals surface area contributed by atoms with Crippen molar-refractivity contribution in [2.75, 3.05) is 13.7 Å². The van der Waals surface area contributed by atoms with E-state index in [1.54, 1.807) is 22.8 Å². The number of nitrogens with zero attached hydrogens (tertiary/aromatic N) is 5. The summed E-state index contributed by atoms with van der Waals surface area (Å²) < 4.78 is 12.4. The van der Waals surface area contributed by atoms with Gasteiger partial charge in [-0.3, -0.25) is 9.48 Å². The first-order valence-corrected chi connectivity index (χ1v) is 9.02. The van der Waals surface area contributed by atoms with Crippen molar-refractivity contribution >= 4 is 5.91 Å². The highest BCUT2D eigenvalue weighted by Gasteiger charge is 2.35. The van der Waals surface area contributed by atoms with E-state index < -0.39 is 0 Å². The van der Waals surface area contributed by atoms with Crippen molar-refractivity contribution in [1.82, 2.24) is 24.8 Å². The molecule has 0 N–H and O–H groups in total. The highest BCUT2D eigenvalue weighted by Crippen LogP contribution is 2.33. The highest BCUT2D eigenvalue weighted by molar-refractivity contribution is 5.92. The molecule has 8 nitrogen and oxygen atoms in total. The second-order valence-electron chi connectivity index (χ2n) is 6.40. The van der Waals surface area contributed by atoms with Gasteiger partial charge in [-0.1, -0.05) is 5.16 Å². The Morgan fingerprint density at radius 1 is 1.30 bits per heavy atom. The third-order valence-corrected chi connectivity index (χ3v) is 4.77. The summed E-state index contributed by atoms with van der Waals surface area (Å²) in [5.74, 6) is 1.62. The molecule has 0 saturated carbocycles. The number of benzene rings is 1. The summed E-state index contributed by atoms with van der Waals surface area (Å²) in [7, 11) is 1.62. The molecule has 0 bridgehead atoms. The second kappa shape index (κ2) is 7.22. The zero-order chi connectivity index (χ0) is 18.8. The van der Waals surface area contributed by atoms with Gasteiger partial charge in [-0.2, -0.15) is 10.1 Å². The van der Waals surface area contributed by atoms with Crippen LogP contribution in [0.4, 0.5) is 0 Å². The van der Waals surface area contributed by atoms with Crippen LogP contribution in [-0.2, 0) is 6.54 Å². The number of rotatable bonds is 5. The lowest BCUT2D eigenvalue weighted by atomic mass is 10.2. The minimum absolute atomic E-state index is 0.103. The quantitative estimate of drug-likeness (QED) is 0.689. The Labute approximate surface area is 156 Å². The molecular weight excluding hydrogens is 346 g/mol. The predicted molar refractivity (Wildman–Crippen MR) is 97.2 cm³/mol. The van der Waals surface area contributed by atoms with Gasteiger partial charge in [0.2, 0.25) is 11.7 Å². The Hall–Kier alpha value is -3.16. The Kier molecular flexibility index (Phi) is 4.62. The summed E-state index contributed by atoms with van der Waals surface area (Å²) in [6.07, 6.45) is 3.50. The van der Waals surface area contributed by atoms with E-state index in [-0.39, 0.29) is 11.9 Å². The summed E-state index contributed by atoms with van der Waals surface area (Å²) in [6.45, 7) is 3.37. The molecule has 140 valence electrons. The first-order chi connectivity index (χ1) is 13.2. The van der Waals surface area contributed by atoms with Crippen LogP contribution in [0.15, 0.2) is 41.1 Å². The molecule has 0 aliphatic carbocycles. The van der Waals surface area contributed by atoms with Gasteiger partial charge in [0, 0.05) is 24.8 Å². The van der Waals surface area contributed by atoms with E-state index >= 15 is 0 Å². The fourth-order valence-corrected chi connectivity index (χ4v) is 3.29. The molecule has 0 radical (unpaired) electrons. The maximum Gasteiger partial charge on any atom is 0.275 e. The maximum absolute atomic E-state index is 12.9. The van der Waals surface area contributed by atoms with Gasteiger partial charge < -0.3 is 14.2 Å². The minimum atomic E-state index is -0.219. The minimum Gasteiger partial charge on any atom is -0.497 e. The van der Waals surface area contributed by atoms with Crippen LogP contribution in [0.5, 0.6) is 5.75 Å². The molecule has 4 rings (SSSR count). The van der Waals surface area contributed by atoms with Crippen molar-refractivity contribution in [2.45, 2.75) is 32.4 Å². The van der Waals surface area contributed by atoms with Gasteiger partial charge in [0.05, 0.1) is 7.11 Å². The van der Waals surface area contributed by atoms with Crippen LogP contribution in [0, 0.1) is 0 Å². The zero-order valence-electron chi connectivity index (χ0n) is 15.3. The van der Waals surface area contributed by atoms with Gasteiger partial charge in [0.1, 0.15) is 17.5 Å². The van der Waals surface area contributed by atoms with E-state index in [0.29, 0.717) is 24.0 Å². The van der Waals surface area contributed by atoms with Crippen molar-refractivity contribution < 1.29 is 14.1 Å². The van der Waals surface area contributed by atoms with Crippen molar-refractivity contribution in [3.05, 3.63) is 48.1 Å². The van der Waals surface area contributed by atoms with E-state index in [9.17, 15) is 4.79 Å². The smallest absolute Gasteiger partial charge is 0.275 e. The van der Waals surface area contributed by atoms with Gasteiger partial charge in [0.25, 0.3) is 5.91 Å². The van der Waals surface area contributed by atoms with Crippen LogP contribution >= 0.6 is 0 Å². The third kappa shape index (κ3) is 3.30. The lowest BCUT2D eigenvalue weighted by Gasteiger charge is -2.20. The molecule has 27 heavy (non-hydrogen) atoms. The fraction of sp³-hybridized carbons (Fsp3) is 0.368. The van der Waals surface area contributed by atoms with Crippen LogP contribution in [0.25, 0.3) is 11.4 Å². The Morgan fingerprint density at radius 2 is 2.11 bits per heavy atom. The predicted octanol–water partition coefficient (Wildman–Crippen LogP) is 2.94.